The van der Waals surface area contributed by atoms with Gasteiger partial charge in [0, 0.05) is 25.1 Å². The van der Waals surface area contributed by atoms with Gasteiger partial charge in [-0.25, -0.2) is 4.79 Å². The lowest BCUT2D eigenvalue weighted by Gasteiger charge is -2.28. The molecule has 1 aliphatic rings. The molecule has 0 saturated carbocycles. The van der Waals surface area contributed by atoms with Gasteiger partial charge in [-0.05, 0) is 18.6 Å². The predicted octanol–water partition coefficient (Wildman–Crippen LogP) is 2.20. The minimum atomic E-state index is -0.119. The minimum absolute atomic E-state index is 0.111. The summed E-state index contributed by atoms with van der Waals surface area (Å²) in [5.41, 5.74) is 1.36. The molecule has 4 nitrogen and oxygen atoms in total. The van der Waals surface area contributed by atoms with Crippen molar-refractivity contribution in [2.24, 2.45) is 0 Å². The van der Waals surface area contributed by atoms with E-state index in [2.05, 4.69) is 5.32 Å². The van der Waals surface area contributed by atoms with E-state index in [-0.39, 0.29) is 11.8 Å². The predicted molar refractivity (Wildman–Crippen MR) is 66.4 cm³/mol. The van der Waals surface area contributed by atoms with E-state index in [1.54, 1.807) is 11.0 Å². The van der Waals surface area contributed by atoms with Gasteiger partial charge in [0.2, 0.25) is 0 Å². The second-order valence-corrected chi connectivity index (χ2v) is 4.07. The van der Waals surface area contributed by atoms with Crippen molar-refractivity contribution in [1.29, 1.82) is 0 Å². The minimum Gasteiger partial charge on any atom is -0.338 e. The third-order valence-corrected chi connectivity index (χ3v) is 2.83. The van der Waals surface area contributed by atoms with E-state index in [1.807, 2.05) is 25.1 Å². The number of Topliss-reactive ketones (excluding diaryl/α,β-unsaturated/α-hetero) is 1. The Kier molecular flexibility index (Phi) is 3.42. The Morgan fingerprint density at radius 2 is 2.18 bits per heavy atom. The molecule has 0 aliphatic carbocycles. The van der Waals surface area contributed by atoms with Crippen LogP contribution >= 0.6 is 0 Å². The van der Waals surface area contributed by atoms with Gasteiger partial charge >= 0.3 is 6.03 Å². The van der Waals surface area contributed by atoms with Gasteiger partial charge in [0.15, 0.2) is 5.78 Å². The number of nitrogens with zero attached hydrogens (tertiary/aromatic N) is 1. The summed E-state index contributed by atoms with van der Waals surface area (Å²) in [4.78, 5) is 25.3. The first kappa shape index (κ1) is 11.6. The van der Waals surface area contributed by atoms with Crippen molar-refractivity contribution in [1.82, 2.24) is 5.32 Å². The highest BCUT2D eigenvalue weighted by atomic mass is 16.2. The van der Waals surface area contributed by atoms with Crippen LogP contribution in [-0.4, -0.2) is 24.9 Å². The topological polar surface area (TPSA) is 49.4 Å². The highest BCUT2D eigenvalue weighted by Crippen LogP contribution is 2.26. The molecular weight excluding hydrogens is 216 g/mol. The van der Waals surface area contributed by atoms with Gasteiger partial charge in [0.1, 0.15) is 0 Å². The second kappa shape index (κ2) is 4.99. The molecule has 2 amide bonds. The number of urea groups is 1. The molecule has 90 valence electrons. The lowest BCUT2D eigenvalue weighted by Crippen LogP contribution is -2.44. The van der Waals surface area contributed by atoms with Crippen LogP contribution in [0.1, 0.15) is 30.1 Å². The van der Waals surface area contributed by atoms with Gasteiger partial charge in [-0.3, -0.25) is 9.69 Å². The molecule has 2 rings (SSSR count). The smallest absolute Gasteiger partial charge is 0.321 e. The molecule has 1 aliphatic heterocycles. The monoisotopic (exact) mass is 232 g/mol. The summed E-state index contributed by atoms with van der Waals surface area (Å²) >= 11 is 0. The molecular formula is C13H16N2O2. The first-order chi connectivity index (χ1) is 8.24. The molecule has 0 fully saturated rings. The van der Waals surface area contributed by atoms with Crippen LogP contribution in [0.5, 0.6) is 0 Å². The van der Waals surface area contributed by atoms with Gasteiger partial charge in [0.05, 0.1) is 5.69 Å². The Labute approximate surface area is 101 Å². The fourth-order valence-electron chi connectivity index (χ4n) is 1.95. The maximum Gasteiger partial charge on any atom is 0.321 e. The Balaban J connectivity index is 2.24. The number of hydrogen-bond donors (Lipinski definition) is 1. The first-order valence-electron chi connectivity index (χ1n) is 5.91. The standard InChI is InChI=1S/C13H16N2O2/c1-2-8-14-13(17)15-9-7-12(16)10-5-3-4-6-11(10)15/h3-6H,2,7-9H2,1H3,(H,14,17). The number of nitrogens with one attached hydrogen (secondary N) is 1. The van der Waals surface area contributed by atoms with E-state index in [0.29, 0.717) is 25.1 Å². The lowest BCUT2D eigenvalue weighted by molar-refractivity contribution is 0.0981. The van der Waals surface area contributed by atoms with Gasteiger partial charge in [0.25, 0.3) is 0 Å². The van der Waals surface area contributed by atoms with E-state index in [0.717, 1.165) is 12.1 Å². The van der Waals surface area contributed by atoms with E-state index < -0.39 is 0 Å². The molecule has 17 heavy (non-hydrogen) atoms. The van der Waals surface area contributed by atoms with Gasteiger partial charge in [-0.2, -0.15) is 0 Å². The molecule has 1 aromatic carbocycles. The molecule has 0 spiro atoms. The van der Waals surface area contributed by atoms with Crippen LogP contribution in [0.25, 0.3) is 0 Å². The maximum atomic E-state index is 11.9. The van der Waals surface area contributed by atoms with Gasteiger partial charge in [-0.15, -0.1) is 0 Å². The lowest BCUT2D eigenvalue weighted by atomic mass is 10.0. The summed E-state index contributed by atoms with van der Waals surface area (Å²) in [7, 11) is 0. The molecule has 0 atom stereocenters. The van der Waals surface area contributed by atoms with Crippen LogP contribution in [0.4, 0.5) is 10.5 Å². The highest BCUT2D eigenvalue weighted by Gasteiger charge is 2.26. The third kappa shape index (κ3) is 2.30. The first-order valence-corrected chi connectivity index (χ1v) is 5.91. The summed E-state index contributed by atoms with van der Waals surface area (Å²) in [6.45, 7) is 3.13. The van der Waals surface area contributed by atoms with Crippen molar-refractivity contribution in [2.45, 2.75) is 19.8 Å². The zero-order valence-electron chi connectivity index (χ0n) is 9.90. The van der Waals surface area contributed by atoms with Crippen LogP contribution in [-0.2, 0) is 0 Å². The van der Waals surface area contributed by atoms with Gasteiger partial charge < -0.3 is 5.32 Å². The SMILES string of the molecule is CCCNC(=O)N1CCC(=O)c2ccccc21. The van der Waals surface area contributed by atoms with Crippen LogP contribution in [0.2, 0.25) is 0 Å². The molecule has 4 heteroatoms. The molecule has 0 radical (unpaired) electrons. The fraction of sp³-hybridized carbons (Fsp3) is 0.385. The number of hydrogen-bond acceptors (Lipinski definition) is 2. The number of para-hydroxylation sites is 1. The van der Waals surface area contributed by atoms with Crippen LogP contribution in [0.3, 0.4) is 0 Å². The molecule has 1 aromatic rings. The largest absolute Gasteiger partial charge is 0.338 e. The van der Waals surface area contributed by atoms with Crippen molar-refractivity contribution in [3.8, 4) is 0 Å². The van der Waals surface area contributed by atoms with Crippen LogP contribution < -0.4 is 10.2 Å². The highest BCUT2D eigenvalue weighted by molar-refractivity contribution is 6.08. The number of benzene rings is 1. The second-order valence-electron chi connectivity index (χ2n) is 4.07. The molecule has 0 bridgehead atoms. The Hall–Kier alpha value is -1.84. The summed E-state index contributed by atoms with van der Waals surface area (Å²) in [6, 6.07) is 7.14. The molecule has 1 heterocycles. The molecule has 0 unspecified atom stereocenters. The van der Waals surface area contributed by atoms with Crippen molar-refractivity contribution >= 4 is 17.5 Å². The zero-order valence-corrected chi connectivity index (χ0v) is 9.90. The number of rotatable bonds is 2. The molecule has 0 saturated heterocycles. The van der Waals surface area contributed by atoms with Crippen molar-refractivity contribution in [2.75, 3.05) is 18.0 Å². The summed E-state index contributed by atoms with van der Waals surface area (Å²) in [5, 5.41) is 2.83. The number of amides is 2. The number of carbonyl (C=O) groups is 2. The Morgan fingerprint density at radius 1 is 1.41 bits per heavy atom. The van der Waals surface area contributed by atoms with E-state index in [4.69, 9.17) is 0 Å². The van der Waals surface area contributed by atoms with E-state index in [1.165, 1.54) is 0 Å². The van der Waals surface area contributed by atoms with E-state index in [9.17, 15) is 9.59 Å². The summed E-state index contributed by atoms with van der Waals surface area (Å²) in [5.74, 6) is 0.111. The van der Waals surface area contributed by atoms with Crippen molar-refractivity contribution in [3.05, 3.63) is 29.8 Å². The molecule has 0 aromatic heterocycles. The average molecular weight is 232 g/mol. The quantitative estimate of drug-likeness (QED) is 0.849. The Bertz CT molecular complexity index is 443. The zero-order chi connectivity index (χ0) is 12.3. The van der Waals surface area contributed by atoms with Crippen LogP contribution in [0.15, 0.2) is 24.3 Å². The summed E-state index contributed by atoms with van der Waals surface area (Å²) < 4.78 is 0. The van der Waals surface area contributed by atoms with Crippen LogP contribution in [0, 0.1) is 0 Å². The van der Waals surface area contributed by atoms with E-state index >= 15 is 0 Å². The number of anilines is 1. The fourth-order valence-corrected chi connectivity index (χ4v) is 1.95. The van der Waals surface area contributed by atoms with Crippen molar-refractivity contribution in [3.63, 3.8) is 0 Å². The number of ketones is 1. The normalized spacial score (nSPS) is 14.4. The average Bonchev–Trinajstić information content (AvgIpc) is 2.37. The third-order valence-electron chi connectivity index (χ3n) is 2.83. The number of carbonyl (C=O) groups excluding carboxylic acids is 2. The van der Waals surface area contributed by atoms with Crippen molar-refractivity contribution < 1.29 is 9.59 Å². The summed E-state index contributed by atoms with van der Waals surface area (Å²) in [6.07, 6.45) is 1.30. The van der Waals surface area contributed by atoms with Gasteiger partial charge in [-0.1, -0.05) is 19.1 Å². The molecule has 1 N–H and O–H groups in total. The maximum absolute atomic E-state index is 11.9. The number of fused-ring (bicyclic) bond motifs is 1. The Morgan fingerprint density at radius 3 is 2.94 bits per heavy atom.